The predicted octanol–water partition coefficient (Wildman–Crippen LogP) is 13.5. The molecule has 0 aliphatic heterocycles. The Balaban J connectivity index is 1.02. The van der Waals surface area contributed by atoms with Crippen LogP contribution in [0.25, 0.3) is 94.7 Å². The molecule has 13 rings (SSSR count). The number of hydrogen-bond acceptors (Lipinski definition) is 3. The lowest BCUT2D eigenvalue weighted by Gasteiger charge is -2.30. The maximum Gasteiger partial charge on any atom is 0.238 e. The van der Waals surface area contributed by atoms with Gasteiger partial charge in [-0.15, -0.1) is 0 Å². The molecule has 9 aromatic carbocycles. The van der Waals surface area contributed by atoms with Crippen molar-refractivity contribution in [3.8, 4) is 62.1 Å². The molecule has 0 amide bonds. The quantitative estimate of drug-likeness (QED) is 0.179. The fourth-order valence-corrected chi connectivity index (χ4v) is 10.3. The van der Waals surface area contributed by atoms with E-state index in [-0.39, 0.29) is 5.41 Å². The average Bonchev–Trinajstić information content (AvgIpc) is 3.93. The van der Waals surface area contributed by atoms with Gasteiger partial charge in [0.15, 0.2) is 11.6 Å². The Kier molecular flexibility index (Phi) is 6.90. The van der Waals surface area contributed by atoms with Crippen molar-refractivity contribution in [3.05, 3.63) is 229 Å². The fourth-order valence-electron chi connectivity index (χ4n) is 10.3. The first kappa shape index (κ1) is 33.1. The lowest BCUT2D eigenvalue weighted by Crippen LogP contribution is -2.25. The largest absolute Gasteiger partial charge is 0.278 e. The van der Waals surface area contributed by atoms with Crippen molar-refractivity contribution in [2.45, 2.75) is 5.41 Å². The summed E-state index contributed by atoms with van der Waals surface area (Å²) in [5, 5.41) is 4.62. The number of aromatic nitrogens is 4. The number of benzene rings is 9. The minimum absolute atomic E-state index is 0.369. The van der Waals surface area contributed by atoms with Crippen molar-refractivity contribution in [1.82, 2.24) is 19.5 Å². The normalized spacial score (nSPS) is 13.1. The molecule has 0 unspecified atom stereocenters. The summed E-state index contributed by atoms with van der Waals surface area (Å²) in [5.41, 5.74) is 16.5. The van der Waals surface area contributed by atoms with E-state index in [1.807, 2.05) is 18.2 Å². The molecule has 0 saturated carbocycles. The van der Waals surface area contributed by atoms with Gasteiger partial charge in [0, 0.05) is 21.9 Å². The van der Waals surface area contributed by atoms with Crippen molar-refractivity contribution in [3.63, 3.8) is 0 Å². The summed E-state index contributed by atoms with van der Waals surface area (Å²) in [4.78, 5) is 15.6. The molecule has 0 fully saturated rings. The number of para-hydroxylation sites is 1. The van der Waals surface area contributed by atoms with Crippen molar-refractivity contribution >= 4 is 32.6 Å². The molecule has 4 heteroatoms. The average molecular weight is 763 g/mol. The van der Waals surface area contributed by atoms with Crippen LogP contribution >= 0.6 is 0 Å². The van der Waals surface area contributed by atoms with Gasteiger partial charge in [0.1, 0.15) is 0 Å². The zero-order valence-electron chi connectivity index (χ0n) is 32.4. The molecule has 1 spiro atoms. The van der Waals surface area contributed by atoms with Crippen LogP contribution in [-0.2, 0) is 5.41 Å². The Morgan fingerprint density at radius 3 is 1.60 bits per heavy atom. The van der Waals surface area contributed by atoms with E-state index in [2.05, 4.69) is 193 Å². The first-order valence-corrected chi connectivity index (χ1v) is 20.5. The van der Waals surface area contributed by atoms with E-state index in [1.165, 1.54) is 49.9 Å². The van der Waals surface area contributed by atoms with Gasteiger partial charge in [-0.25, -0.2) is 4.98 Å². The molecule has 0 bridgehead atoms. The second-order valence-electron chi connectivity index (χ2n) is 15.9. The first-order chi connectivity index (χ1) is 29.7. The van der Waals surface area contributed by atoms with Gasteiger partial charge in [-0.2, -0.15) is 9.97 Å². The molecule has 2 heterocycles. The van der Waals surface area contributed by atoms with Crippen LogP contribution in [0.2, 0.25) is 0 Å². The van der Waals surface area contributed by atoms with Crippen LogP contribution in [0.4, 0.5) is 0 Å². The van der Waals surface area contributed by atoms with Gasteiger partial charge in [0.2, 0.25) is 5.95 Å². The molecular formula is C56H34N4. The van der Waals surface area contributed by atoms with Crippen molar-refractivity contribution < 1.29 is 0 Å². The second-order valence-corrected chi connectivity index (χ2v) is 15.9. The van der Waals surface area contributed by atoms with Gasteiger partial charge >= 0.3 is 0 Å². The first-order valence-electron chi connectivity index (χ1n) is 20.5. The van der Waals surface area contributed by atoms with E-state index >= 15 is 0 Å². The topological polar surface area (TPSA) is 43.6 Å². The molecule has 4 nitrogen and oxygen atoms in total. The van der Waals surface area contributed by atoms with E-state index in [4.69, 9.17) is 15.0 Å². The molecule has 60 heavy (non-hydrogen) atoms. The summed E-state index contributed by atoms with van der Waals surface area (Å²) in [6.07, 6.45) is 0. The molecule has 2 aliphatic rings. The second kappa shape index (κ2) is 12.5. The summed E-state index contributed by atoms with van der Waals surface area (Å²) < 4.78 is 2.22. The molecule has 2 aliphatic carbocycles. The van der Waals surface area contributed by atoms with Crippen LogP contribution in [0.1, 0.15) is 22.3 Å². The summed E-state index contributed by atoms with van der Waals surface area (Å²) in [6, 6.07) is 74.5. The van der Waals surface area contributed by atoms with Crippen molar-refractivity contribution in [2.24, 2.45) is 0 Å². The highest BCUT2D eigenvalue weighted by Gasteiger charge is 2.51. The van der Waals surface area contributed by atoms with Crippen LogP contribution in [0.3, 0.4) is 0 Å². The van der Waals surface area contributed by atoms with E-state index < -0.39 is 0 Å². The maximum atomic E-state index is 5.27. The number of hydrogen-bond donors (Lipinski definition) is 0. The van der Waals surface area contributed by atoms with Gasteiger partial charge in [-0.05, 0) is 90.7 Å². The van der Waals surface area contributed by atoms with Crippen LogP contribution in [0.5, 0.6) is 0 Å². The van der Waals surface area contributed by atoms with Gasteiger partial charge in [0.05, 0.1) is 16.4 Å². The van der Waals surface area contributed by atoms with E-state index in [1.54, 1.807) is 0 Å². The number of fused-ring (bicyclic) bond motifs is 14. The minimum Gasteiger partial charge on any atom is -0.278 e. The van der Waals surface area contributed by atoms with Crippen molar-refractivity contribution in [2.75, 3.05) is 0 Å². The maximum absolute atomic E-state index is 5.27. The Morgan fingerprint density at radius 1 is 0.317 bits per heavy atom. The minimum atomic E-state index is -0.369. The van der Waals surface area contributed by atoms with E-state index in [0.29, 0.717) is 17.6 Å². The monoisotopic (exact) mass is 762 g/mol. The van der Waals surface area contributed by atoms with Gasteiger partial charge in [-0.3, -0.25) is 4.57 Å². The predicted molar refractivity (Wildman–Crippen MR) is 244 cm³/mol. The third kappa shape index (κ3) is 4.59. The highest BCUT2D eigenvalue weighted by atomic mass is 15.2. The lowest BCUT2D eigenvalue weighted by atomic mass is 9.70. The molecule has 0 radical (unpaired) electrons. The third-order valence-electron chi connectivity index (χ3n) is 12.9. The van der Waals surface area contributed by atoms with Crippen LogP contribution in [0, 0.1) is 0 Å². The molecule has 2 aromatic heterocycles. The molecule has 278 valence electrons. The standard InChI is InChI=1S/C56H34N4/c1-2-15-36(16-3-1)53-57-54(40-27-26-35-14-4-5-17-37(35)32-40)59-55(58-53)60-51-25-13-9-21-44(51)45-30-28-39(34-52(45)60)38-29-31-50-46(33-38)43-20-8-12-24-49(43)56(50)47-22-10-6-18-41(47)42-19-7-11-23-48(42)56/h1-34H. The van der Waals surface area contributed by atoms with Gasteiger partial charge in [-0.1, -0.05) is 182 Å². The van der Waals surface area contributed by atoms with E-state index in [0.717, 1.165) is 49.4 Å². The smallest absolute Gasteiger partial charge is 0.238 e. The Labute approximate surface area is 346 Å². The van der Waals surface area contributed by atoms with Gasteiger partial charge < -0.3 is 0 Å². The molecule has 0 atom stereocenters. The molecular weight excluding hydrogens is 729 g/mol. The SMILES string of the molecule is c1ccc(-c2nc(-c3ccc4ccccc4c3)nc(-n3c4ccccc4c4ccc(-c5ccc6c(c5)-c5ccccc5C65c6ccccc6-c6ccccc65)cc43)n2)cc1. The zero-order valence-corrected chi connectivity index (χ0v) is 32.4. The Hall–Kier alpha value is -7.95. The Bertz CT molecular complexity index is 3520. The number of rotatable bonds is 4. The van der Waals surface area contributed by atoms with Crippen LogP contribution < -0.4 is 0 Å². The summed E-state index contributed by atoms with van der Waals surface area (Å²) in [6.45, 7) is 0. The summed E-state index contributed by atoms with van der Waals surface area (Å²) in [7, 11) is 0. The third-order valence-corrected chi connectivity index (χ3v) is 12.9. The zero-order chi connectivity index (χ0) is 39.4. The molecule has 11 aromatic rings. The van der Waals surface area contributed by atoms with Crippen molar-refractivity contribution in [1.29, 1.82) is 0 Å². The Morgan fingerprint density at radius 2 is 0.850 bits per heavy atom. The summed E-state index contributed by atoms with van der Waals surface area (Å²) >= 11 is 0. The molecule has 0 N–H and O–H groups in total. The van der Waals surface area contributed by atoms with Gasteiger partial charge in [0.25, 0.3) is 0 Å². The van der Waals surface area contributed by atoms with Crippen LogP contribution in [0.15, 0.2) is 206 Å². The fraction of sp³-hybridized carbons (Fsp3) is 0.0179. The lowest BCUT2D eigenvalue weighted by molar-refractivity contribution is 0.794. The molecule has 0 saturated heterocycles. The van der Waals surface area contributed by atoms with Crippen LogP contribution in [-0.4, -0.2) is 19.5 Å². The highest BCUT2D eigenvalue weighted by Crippen LogP contribution is 2.63. The highest BCUT2D eigenvalue weighted by molar-refractivity contribution is 6.10. The van der Waals surface area contributed by atoms with E-state index in [9.17, 15) is 0 Å². The summed E-state index contributed by atoms with van der Waals surface area (Å²) in [5.74, 6) is 1.85. The number of nitrogens with zero attached hydrogens (tertiary/aromatic N) is 4.